The quantitative estimate of drug-likeness (QED) is 0.548. The van der Waals surface area contributed by atoms with Gasteiger partial charge in [-0.1, -0.05) is 30.0 Å². The van der Waals surface area contributed by atoms with E-state index in [9.17, 15) is 4.79 Å². The van der Waals surface area contributed by atoms with E-state index in [0.717, 1.165) is 20.5 Å². The van der Waals surface area contributed by atoms with Gasteiger partial charge in [0.2, 0.25) is 5.16 Å². The summed E-state index contributed by atoms with van der Waals surface area (Å²) in [5.41, 5.74) is 1.06. The second-order valence-electron chi connectivity index (χ2n) is 4.35. The van der Waals surface area contributed by atoms with Gasteiger partial charge >= 0.3 is 0 Å². The SMILES string of the molecule is Cc1c(C(=O)CSc2nnnn2C)sc2ccccc12. The van der Waals surface area contributed by atoms with Crippen LogP contribution in [-0.2, 0) is 7.05 Å². The maximum atomic E-state index is 12.4. The van der Waals surface area contributed by atoms with Gasteiger partial charge in [0.05, 0.1) is 10.6 Å². The lowest BCUT2D eigenvalue weighted by Crippen LogP contribution is -2.03. The summed E-state index contributed by atoms with van der Waals surface area (Å²) in [6, 6.07) is 8.09. The molecule has 2 aromatic heterocycles. The molecule has 0 atom stereocenters. The van der Waals surface area contributed by atoms with Gasteiger partial charge in [0, 0.05) is 11.7 Å². The number of aromatic nitrogens is 4. The fourth-order valence-corrected chi connectivity index (χ4v) is 3.94. The van der Waals surface area contributed by atoms with Crippen LogP contribution in [0.4, 0.5) is 0 Å². The Balaban J connectivity index is 1.82. The third-order valence-corrected chi connectivity index (χ3v) is 5.34. The van der Waals surface area contributed by atoms with Crippen molar-refractivity contribution in [1.29, 1.82) is 0 Å². The fraction of sp³-hybridized carbons (Fsp3) is 0.231. The summed E-state index contributed by atoms with van der Waals surface area (Å²) >= 11 is 2.91. The number of rotatable bonds is 4. The lowest BCUT2D eigenvalue weighted by atomic mass is 10.1. The molecule has 20 heavy (non-hydrogen) atoms. The van der Waals surface area contributed by atoms with Gasteiger partial charge in [-0.25, -0.2) is 4.68 Å². The first-order valence-electron chi connectivity index (χ1n) is 6.03. The normalized spacial score (nSPS) is 11.1. The Kier molecular flexibility index (Phi) is 3.54. The van der Waals surface area contributed by atoms with Crippen LogP contribution in [0.3, 0.4) is 0 Å². The molecular weight excluding hydrogens is 292 g/mol. The Morgan fingerprint density at radius 1 is 1.40 bits per heavy atom. The standard InChI is InChI=1S/C13H12N4OS2/c1-8-9-5-3-4-6-11(9)20-12(8)10(18)7-19-13-14-15-16-17(13)2/h3-6H,7H2,1-2H3. The smallest absolute Gasteiger partial charge is 0.209 e. The minimum atomic E-state index is 0.122. The number of hydrogen-bond donors (Lipinski definition) is 0. The zero-order chi connectivity index (χ0) is 14.1. The molecule has 0 bridgehead atoms. The van der Waals surface area contributed by atoms with Crippen LogP contribution in [0.2, 0.25) is 0 Å². The van der Waals surface area contributed by atoms with Gasteiger partial charge in [0.15, 0.2) is 5.78 Å². The fourth-order valence-electron chi connectivity index (χ4n) is 1.98. The summed E-state index contributed by atoms with van der Waals surface area (Å²) in [5.74, 6) is 0.471. The zero-order valence-electron chi connectivity index (χ0n) is 11.0. The third kappa shape index (κ3) is 2.34. The number of aryl methyl sites for hydroxylation is 2. The van der Waals surface area contributed by atoms with E-state index in [2.05, 4.69) is 21.6 Å². The molecule has 0 saturated carbocycles. The number of thiophene rings is 1. The molecule has 3 rings (SSSR count). The van der Waals surface area contributed by atoms with Gasteiger partial charge in [-0.15, -0.1) is 16.4 Å². The molecule has 0 unspecified atom stereocenters. The van der Waals surface area contributed by atoms with E-state index in [4.69, 9.17) is 0 Å². The summed E-state index contributed by atoms with van der Waals surface area (Å²) in [4.78, 5) is 13.2. The molecule has 0 spiro atoms. The molecule has 0 saturated heterocycles. The van der Waals surface area contributed by atoms with E-state index in [-0.39, 0.29) is 5.78 Å². The predicted octanol–water partition coefficient (Wildman–Crippen LogP) is 2.71. The predicted molar refractivity (Wildman–Crippen MR) is 80.4 cm³/mol. The number of carbonyl (C=O) groups excluding carboxylic acids is 1. The number of carbonyl (C=O) groups is 1. The molecule has 1 aromatic carbocycles. The molecule has 0 N–H and O–H groups in total. The highest BCUT2D eigenvalue weighted by atomic mass is 32.2. The highest BCUT2D eigenvalue weighted by molar-refractivity contribution is 7.99. The van der Waals surface area contributed by atoms with Crippen LogP contribution >= 0.6 is 23.1 Å². The molecular formula is C13H12N4OS2. The highest BCUT2D eigenvalue weighted by Gasteiger charge is 2.16. The largest absolute Gasteiger partial charge is 0.292 e. The Bertz CT molecular complexity index is 778. The maximum absolute atomic E-state index is 12.4. The van der Waals surface area contributed by atoms with Crippen LogP contribution in [0, 0.1) is 6.92 Å². The number of benzene rings is 1. The average Bonchev–Trinajstić information content (AvgIpc) is 3.01. The first-order chi connectivity index (χ1) is 9.66. The molecule has 7 heteroatoms. The van der Waals surface area contributed by atoms with Crippen molar-refractivity contribution >= 4 is 39.0 Å². The molecule has 3 aromatic rings. The number of tetrazole rings is 1. The Hall–Kier alpha value is -1.73. The monoisotopic (exact) mass is 304 g/mol. The van der Waals surface area contributed by atoms with Gasteiger partial charge in [-0.3, -0.25) is 4.79 Å². The van der Waals surface area contributed by atoms with Crippen LogP contribution in [0.5, 0.6) is 0 Å². The second-order valence-corrected chi connectivity index (χ2v) is 6.34. The molecule has 0 radical (unpaired) electrons. The van der Waals surface area contributed by atoms with Crippen molar-refractivity contribution in [3.63, 3.8) is 0 Å². The summed E-state index contributed by atoms with van der Waals surface area (Å²) in [6.45, 7) is 2.00. The highest BCUT2D eigenvalue weighted by Crippen LogP contribution is 2.31. The average molecular weight is 304 g/mol. The van der Waals surface area contributed by atoms with E-state index < -0.39 is 0 Å². The van der Waals surface area contributed by atoms with Gasteiger partial charge in [0.1, 0.15) is 0 Å². The molecule has 0 aliphatic carbocycles. The van der Waals surface area contributed by atoms with E-state index >= 15 is 0 Å². The van der Waals surface area contributed by atoms with E-state index in [1.807, 2.05) is 25.1 Å². The first-order valence-corrected chi connectivity index (χ1v) is 7.83. The number of hydrogen-bond acceptors (Lipinski definition) is 6. The lowest BCUT2D eigenvalue weighted by molar-refractivity contribution is 0.102. The van der Waals surface area contributed by atoms with Crippen molar-refractivity contribution in [3.8, 4) is 0 Å². The van der Waals surface area contributed by atoms with E-state index in [1.165, 1.54) is 11.8 Å². The van der Waals surface area contributed by atoms with Gasteiger partial charge < -0.3 is 0 Å². The van der Waals surface area contributed by atoms with Gasteiger partial charge in [-0.05, 0) is 34.4 Å². The minimum Gasteiger partial charge on any atom is -0.292 e. The Labute approximate surface area is 124 Å². The molecule has 5 nitrogen and oxygen atoms in total. The number of thioether (sulfide) groups is 1. The topological polar surface area (TPSA) is 60.7 Å². The summed E-state index contributed by atoms with van der Waals surface area (Å²) in [6.07, 6.45) is 0. The second kappa shape index (κ2) is 5.34. The van der Waals surface area contributed by atoms with Gasteiger partial charge in [-0.2, -0.15) is 0 Å². The lowest BCUT2D eigenvalue weighted by Gasteiger charge is -1.99. The third-order valence-electron chi connectivity index (χ3n) is 3.01. The summed E-state index contributed by atoms with van der Waals surface area (Å²) in [5, 5.41) is 13.0. The number of fused-ring (bicyclic) bond motifs is 1. The van der Waals surface area contributed by atoms with Crippen LogP contribution in [0.1, 0.15) is 15.2 Å². The molecule has 0 aliphatic rings. The maximum Gasteiger partial charge on any atom is 0.209 e. The van der Waals surface area contributed by atoms with E-state index in [0.29, 0.717) is 10.9 Å². The van der Waals surface area contributed by atoms with Crippen molar-refractivity contribution < 1.29 is 4.79 Å². The van der Waals surface area contributed by atoms with Crippen LogP contribution in [-0.4, -0.2) is 31.7 Å². The number of ketones is 1. The van der Waals surface area contributed by atoms with Crippen molar-refractivity contribution in [2.24, 2.45) is 7.05 Å². The number of Topliss-reactive ketones (excluding diaryl/α,β-unsaturated/α-hetero) is 1. The number of nitrogens with zero attached hydrogens (tertiary/aromatic N) is 4. The molecule has 0 aliphatic heterocycles. The van der Waals surface area contributed by atoms with Crippen molar-refractivity contribution in [2.45, 2.75) is 12.1 Å². The summed E-state index contributed by atoms with van der Waals surface area (Å²) in [7, 11) is 1.76. The van der Waals surface area contributed by atoms with Crippen LogP contribution in [0.15, 0.2) is 29.4 Å². The molecule has 0 fully saturated rings. The van der Waals surface area contributed by atoms with Crippen molar-refractivity contribution in [3.05, 3.63) is 34.7 Å². The van der Waals surface area contributed by atoms with Gasteiger partial charge in [0.25, 0.3) is 0 Å². The Morgan fingerprint density at radius 3 is 2.90 bits per heavy atom. The summed E-state index contributed by atoms with van der Waals surface area (Å²) < 4.78 is 2.72. The van der Waals surface area contributed by atoms with Crippen LogP contribution in [0.25, 0.3) is 10.1 Å². The first kappa shape index (κ1) is 13.3. The zero-order valence-corrected chi connectivity index (χ0v) is 12.7. The molecule has 102 valence electrons. The minimum absolute atomic E-state index is 0.122. The molecule has 0 amide bonds. The van der Waals surface area contributed by atoms with Crippen molar-refractivity contribution in [2.75, 3.05) is 5.75 Å². The van der Waals surface area contributed by atoms with Crippen molar-refractivity contribution in [1.82, 2.24) is 20.2 Å². The molecule has 2 heterocycles. The Morgan fingerprint density at radius 2 is 2.20 bits per heavy atom. The van der Waals surface area contributed by atoms with Crippen LogP contribution < -0.4 is 0 Å². The van der Waals surface area contributed by atoms with E-state index in [1.54, 1.807) is 23.1 Å².